The lowest BCUT2D eigenvalue weighted by Gasteiger charge is -2.18. The summed E-state index contributed by atoms with van der Waals surface area (Å²) >= 11 is 5.28. The van der Waals surface area contributed by atoms with Gasteiger partial charge in [0.1, 0.15) is 0 Å². The summed E-state index contributed by atoms with van der Waals surface area (Å²) in [4.78, 5) is 13.8. The molecule has 1 heterocycles. The van der Waals surface area contributed by atoms with Gasteiger partial charge in [-0.25, -0.2) is 0 Å². The first-order valence-corrected chi connectivity index (χ1v) is 5.52. The van der Waals surface area contributed by atoms with Crippen LogP contribution in [0, 0.1) is 0 Å². The molecular formula is C10H17NO2S. The Hall–Kier alpha value is -0.640. The van der Waals surface area contributed by atoms with Gasteiger partial charge in [0.15, 0.2) is 0 Å². The van der Waals surface area contributed by atoms with Crippen molar-refractivity contribution in [3.8, 4) is 0 Å². The van der Waals surface area contributed by atoms with Gasteiger partial charge in [0, 0.05) is 26.4 Å². The maximum Gasteiger partial charge on any atom is 0.302 e. The van der Waals surface area contributed by atoms with Gasteiger partial charge in [-0.2, -0.15) is 0 Å². The van der Waals surface area contributed by atoms with Crippen molar-refractivity contribution in [2.75, 3.05) is 19.7 Å². The number of ether oxygens (including phenoxy) is 1. The molecule has 4 heteroatoms. The highest BCUT2D eigenvalue weighted by molar-refractivity contribution is 7.80. The molecule has 1 aliphatic heterocycles. The fourth-order valence-electron chi connectivity index (χ4n) is 1.56. The smallest absolute Gasteiger partial charge is 0.302 e. The minimum absolute atomic E-state index is 0.211. The zero-order valence-electron chi connectivity index (χ0n) is 8.62. The van der Waals surface area contributed by atoms with Crippen molar-refractivity contribution in [3.63, 3.8) is 0 Å². The van der Waals surface area contributed by atoms with E-state index in [4.69, 9.17) is 17.0 Å². The Morgan fingerprint density at radius 1 is 1.43 bits per heavy atom. The molecule has 1 fully saturated rings. The van der Waals surface area contributed by atoms with Crippen molar-refractivity contribution in [1.29, 1.82) is 0 Å². The van der Waals surface area contributed by atoms with Crippen LogP contribution in [-0.2, 0) is 9.53 Å². The normalized spacial score (nSPS) is 15.6. The predicted molar refractivity (Wildman–Crippen MR) is 59.3 cm³/mol. The van der Waals surface area contributed by atoms with Crippen LogP contribution < -0.4 is 0 Å². The SMILES string of the molecule is CC(=O)OCCCC(=S)N1CCCC1. The van der Waals surface area contributed by atoms with E-state index in [1.54, 1.807) is 0 Å². The second-order valence-corrected chi connectivity index (χ2v) is 4.00. The number of likely N-dealkylation sites (tertiary alicyclic amines) is 1. The molecule has 1 aliphatic rings. The van der Waals surface area contributed by atoms with Crippen LogP contribution >= 0.6 is 12.2 Å². The molecule has 1 rings (SSSR count). The minimum Gasteiger partial charge on any atom is -0.466 e. The van der Waals surface area contributed by atoms with Crippen LogP contribution in [-0.4, -0.2) is 35.6 Å². The third-order valence-corrected chi connectivity index (χ3v) is 2.76. The van der Waals surface area contributed by atoms with E-state index in [-0.39, 0.29) is 5.97 Å². The van der Waals surface area contributed by atoms with E-state index in [1.807, 2.05) is 0 Å². The lowest BCUT2D eigenvalue weighted by molar-refractivity contribution is -0.141. The van der Waals surface area contributed by atoms with Gasteiger partial charge in [0.05, 0.1) is 11.6 Å². The van der Waals surface area contributed by atoms with Crippen LogP contribution in [0.2, 0.25) is 0 Å². The minimum atomic E-state index is -0.211. The molecule has 80 valence electrons. The summed E-state index contributed by atoms with van der Waals surface area (Å²) in [7, 11) is 0. The predicted octanol–water partition coefficient (Wildman–Crippen LogP) is 1.75. The van der Waals surface area contributed by atoms with Crippen LogP contribution in [0.1, 0.15) is 32.6 Å². The van der Waals surface area contributed by atoms with Gasteiger partial charge in [-0.05, 0) is 19.3 Å². The zero-order valence-corrected chi connectivity index (χ0v) is 9.44. The summed E-state index contributed by atoms with van der Waals surface area (Å²) in [5, 5.41) is 0. The van der Waals surface area contributed by atoms with E-state index in [2.05, 4.69) is 4.90 Å². The van der Waals surface area contributed by atoms with E-state index in [0.717, 1.165) is 30.9 Å². The number of carbonyl (C=O) groups excluding carboxylic acids is 1. The molecule has 0 aromatic heterocycles. The lowest BCUT2D eigenvalue weighted by atomic mass is 10.3. The fourth-order valence-corrected chi connectivity index (χ4v) is 1.89. The highest BCUT2D eigenvalue weighted by Crippen LogP contribution is 2.11. The van der Waals surface area contributed by atoms with Crippen molar-refractivity contribution < 1.29 is 9.53 Å². The molecule has 0 amide bonds. The average Bonchev–Trinajstić information content (AvgIpc) is 2.64. The Morgan fingerprint density at radius 3 is 2.64 bits per heavy atom. The molecule has 0 aromatic rings. The summed E-state index contributed by atoms with van der Waals surface area (Å²) in [6.45, 7) is 4.13. The number of rotatable bonds is 4. The van der Waals surface area contributed by atoms with Gasteiger partial charge >= 0.3 is 5.97 Å². The molecule has 0 saturated carbocycles. The van der Waals surface area contributed by atoms with E-state index in [0.29, 0.717) is 6.61 Å². The topological polar surface area (TPSA) is 29.5 Å². The van der Waals surface area contributed by atoms with Crippen LogP contribution in [0.25, 0.3) is 0 Å². The average molecular weight is 215 g/mol. The summed E-state index contributed by atoms with van der Waals surface area (Å²) < 4.78 is 4.84. The van der Waals surface area contributed by atoms with E-state index in [1.165, 1.54) is 19.8 Å². The molecule has 0 aliphatic carbocycles. The van der Waals surface area contributed by atoms with Crippen LogP contribution in [0.15, 0.2) is 0 Å². The van der Waals surface area contributed by atoms with Crippen LogP contribution in [0.5, 0.6) is 0 Å². The molecule has 3 nitrogen and oxygen atoms in total. The summed E-state index contributed by atoms with van der Waals surface area (Å²) in [6.07, 6.45) is 4.21. The number of hydrogen-bond donors (Lipinski definition) is 0. The van der Waals surface area contributed by atoms with Crippen molar-refractivity contribution >= 4 is 23.2 Å². The number of esters is 1. The van der Waals surface area contributed by atoms with E-state index in [9.17, 15) is 4.79 Å². The standard InChI is InChI=1S/C10H17NO2S/c1-9(12)13-8-4-5-10(14)11-6-2-3-7-11/h2-8H2,1H3. The zero-order chi connectivity index (χ0) is 10.4. The number of nitrogens with zero attached hydrogens (tertiary/aromatic N) is 1. The molecular weight excluding hydrogens is 198 g/mol. The first-order valence-electron chi connectivity index (χ1n) is 5.11. The van der Waals surface area contributed by atoms with Crippen LogP contribution in [0.3, 0.4) is 0 Å². The Morgan fingerprint density at radius 2 is 2.07 bits per heavy atom. The molecule has 0 atom stereocenters. The second kappa shape index (κ2) is 5.96. The highest BCUT2D eigenvalue weighted by Gasteiger charge is 2.13. The van der Waals surface area contributed by atoms with Gasteiger partial charge in [0.2, 0.25) is 0 Å². The largest absolute Gasteiger partial charge is 0.466 e. The Kier molecular flexibility index (Phi) is 4.87. The third-order valence-electron chi connectivity index (χ3n) is 2.30. The van der Waals surface area contributed by atoms with Crippen LogP contribution in [0.4, 0.5) is 0 Å². The highest BCUT2D eigenvalue weighted by atomic mass is 32.1. The van der Waals surface area contributed by atoms with Gasteiger partial charge in [-0.3, -0.25) is 4.79 Å². The molecule has 0 spiro atoms. The van der Waals surface area contributed by atoms with Gasteiger partial charge in [-0.15, -0.1) is 0 Å². The summed E-state index contributed by atoms with van der Waals surface area (Å²) in [5.41, 5.74) is 0. The monoisotopic (exact) mass is 215 g/mol. The summed E-state index contributed by atoms with van der Waals surface area (Å²) in [5.74, 6) is -0.211. The molecule has 0 aromatic carbocycles. The van der Waals surface area contributed by atoms with Gasteiger partial charge in [-0.1, -0.05) is 12.2 Å². The van der Waals surface area contributed by atoms with Gasteiger partial charge < -0.3 is 9.64 Å². The van der Waals surface area contributed by atoms with Crippen molar-refractivity contribution in [1.82, 2.24) is 4.90 Å². The Bertz CT molecular complexity index is 212. The number of hydrogen-bond acceptors (Lipinski definition) is 3. The Labute approximate surface area is 90.4 Å². The maximum atomic E-state index is 10.5. The molecule has 0 bridgehead atoms. The molecule has 0 unspecified atom stereocenters. The van der Waals surface area contributed by atoms with E-state index >= 15 is 0 Å². The third kappa shape index (κ3) is 4.05. The number of carbonyl (C=O) groups is 1. The van der Waals surface area contributed by atoms with Crippen molar-refractivity contribution in [2.45, 2.75) is 32.6 Å². The maximum absolute atomic E-state index is 10.5. The first kappa shape index (κ1) is 11.4. The fraction of sp³-hybridized carbons (Fsp3) is 0.800. The van der Waals surface area contributed by atoms with Crippen molar-refractivity contribution in [2.24, 2.45) is 0 Å². The quantitative estimate of drug-likeness (QED) is 0.406. The first-order chi connectivity index (χ1) is 6.70. The van der Waals surface area contributed by atoms with Gasteiger partial charge in [0.25, 0.3) is 0 Å². The number of thiocarbonyl (C=S) groups is 1. The molecule has 0 N–H and O–H groups in total. The lowest BCUT2D eigenvalue weighted by Crippen LogP contribution is -2.26. The van der Waals surface area contributed by atoms with Crippen molar-refractivity contribution in [3.05, 3.63) is 0 Å². The summed E-state index contributed by atoms with van der Waals surface area (Å²) in [6, 6.07) is 0. The molecule has 1 saturated heterocycles. The second-order valence-electron chi connectivity index (χ2n) is 3.53. The van der Waals surface area contributed by atoms with E-state index < -0.39 is 0 Å². The Balaban J connectivity index is 2.05. The molecule has 0 radical (unpaired) electrons. The molecule has 14 heavy (non-hydrogen) atoms.